The first-order valence-electron chi connectivity index (χ1n) is 5.90. The van der Waals surface area contributed by atoms with E-state index in [-0.39, 0.29) is 5.54 Å². The number of nitrogens with two attached hydrogens (primary N) is 1. The summed E-state index contributed by atoms with van der Waals surface area (Å²) in [7, 11) is 1.61. The highest BCUT2D eigenvalue weighted by molar-refractivity contribution is 5.63. The lowest BCUT2D eigenvalue weighted by Crippen LogP contribution is -2.28. The van der Waals surface area contributed by atoms with Crippen LogP contribution in [-0.4, -0.2) is 12.1 Å². The maximum absolute atomic E-state index is 6.05. The van der Waals surface area contributed by atoms with Crippen LogP contribution in [0.25, 0.3) is 11.1 Å². The normalized spacial score (nSPS) is 11.3. The first kappa shape index (κ1) is 12.6. The molecule has 0 aliphatic heterocycles. The number of hydrogen-bond donors (Lipinski definition) is 1. The fraction of sp³-hybridized carbons (Fsp3) is 0.267. The highest BCUT2D eigenvalue weighted by atomic mass is 16.5. The van der Waals surface area contributed by atoms with Gasteiger partial charge in [0.05, 0.1) is 7.11 Å². The first-order chi connectivity index (χ1) is 8.50. The highest BCUT2D eigenvalue weighted by Gasteiger charge is 2.13. The van der Waals surface area contributed by atoms with E-state index in [0.717, 1.165) is 16.7 Å². The predicted octanol–water partition coefficient (Wildman–Crippen LogP) is 2.95. The molecule has 18 heavy (non-hydrogen) atoms. The van der Waals surface area contributed by atoms with E-state index in [9.17, 15) is 0 Å². The van der Waals surface area contributed by atoms with Gasteiger partial charge in [0.15, 0.2) is 0 Å². The number of pyridine rings is 1. The van der Waals surface area contributed by atoms with Gasteiger partial charge in [-0.3, -0.25) is 0 Å². The van der Waals surface area contributed by atoms with Crippen molar-refractivity contribution in [3.05, 3.63) is 48.2 Å². The van der Waals surface area contributed by atoms with E-state index in [1.165, 1.54) is 0 Å². The second kappa shape index (κ2) is 4.78. The fourth-order valence-electron chi connectivity index (χ4n) is 1.76. The molecule has 94 valence electrons. The van der Waals surface area contributed by atoms with Crippen LogP contribution in [0.2, 0.25) is 0 Å². The molecule has 0 unspecified atom stereocenters. The molecule has 0 saturated carbocycles. The van der Waals surface area contributed by atoms with Gasteiger partial charge >= 0.3 is 0 Å². The van der Waals surface area contributed by atoms with Crippen molar-refractivity contribution in [3.8, 4) is 17.0 Å². The molecule has 0 bridgehead atoms. The lowest BCUT2D eigenvalue weighted by atomic mass is 9.94. The third kappa shape index (κ3) is 2.68. The maximum Gasteiger partial charge on any atom is 0.212 e. The fourth-order valence-corrected chi connectivity index (χ4v) is 1.76. The molecule has 0 fully saturated rings. The van der Waals surface area contributed by atoms with Crippen molar-refractivity contribution in [1.82, 2.24) is 4.98 Å². The topological polar surface area (TPSA) is 48.1 Å². The second-order valence-electron chi connectivity index (χ2n) is 4.89. The summed E-state index contributed by atoms with van der Waals surface area (Å²) < 4.78 is 5.04. The summed E-state index contributed by atoms with van der Waals surface area (Å²) in [6.45, 7) is 3.99. The number of benzene rings is 1. The Bertz CT molecular complexity index is 510. The van der Waals surface area contributed by atoms with Crippen LogP contribution in [-0.2, 0) is 5.54 Å². The monoisotopic (exact) mass is 242 g/mol. The van der Waals surface area contributed by atoms with Crippen LogP contribution < -0.4 is 10.5 Å². The lowest BCUT2D eigenvalue weighted by molar-refractivity contribution is 0.398. The number of hydrogen-bond acceptors (Lipinski definition) is 3. The summed E-state index contributed by atoms with van der Waals surface area (Å²) in [6.07, 6.45) is 1.81. The summed E-state index contributed by atoms with van der Waals surface area (Å²) >= 11 is 0. The quantitative estimate of drug-likeness (QED) is 0.900. The number of rotatable bonds is 3. The van der Waals surface area contributed by atoms with Crippen molar-refractivity contribution in [2.75, 3.05) is 7.11 Å². The van der Waals surface area contributed by atoms with Gasteiger partial charge in [-0.05, 0) is 31.0 Å². The average molecular weight is 242 g/mol. The van der Waals surface area contributed by atoms with Gasteiger partial charge in [-0.15, -0.1) is 0 Å². The Morgan fingerprint density at radius 1 is 1.00 bits per heavy atom. The molecular weight excluding hydrogens is 224 g/mol. The molecule has 0 amide bonds. The van der Waals surface area contributed by atoms with Crippen molar-refractivity contribution in [2.45, 2.75) is 19.4 Å². The van der Waals surface area contributed by atoms with Crippen LogP contribution >= 0.6 is 0 Å². The van der Waals surface area contributed by atoms with Crippen molar-refractivity contribution in [1.29, 1.82) is 0 Å². The van der Waals surface area contributed by atoms with Crippen LogP contribution in [0.5, 0.6) is 5.88 Å². The molecule has 0 saturated heterocycles. The van der Waals surface area contributed by atoms with E-state index < -0.39 is 0 Å². The Morgan fingerprint density at radius 3 is 2.06 bits per heavy atom. The zero-order chi connectivity index (χ0) is 13.2. The smallest absolute Gasteiger partial charge is 0.212 e. The molecule has 3 heteroatoms. The van der Waals surface area contributed by atoms with Crippen LogP contribution in [0.1, 0.15) is 19.4 Å². The Labute approximate surface area is 108 Å². The molecule has 1 heterocycles. The molecule has 0 atom stereocenters. The number of methoxy groups -OCH3 is 1. The third-order valence-corrected chi connectivity index (χ3v) is 2.91. The largest absolute Gasteiger partial charge is 0.481 e. The Hall–Kier alpha value is -1.87. The predicted molar refractivity (Wildman–Crippen MR) is 73.4 cm³/mol. The van der Waals surface area contributed by atoms with Gasteiger partial charge in [-0.1, -0.05) is 24.3 Å². The van der Waals surface area contributed by atoms with Crippen molar-refractivity contribution >= 4 is 0 Å². The SMILES string of the molecule is COc1ccc(-c2ccc(C(C)(C)N)cc2)cn1. The van der Waals surface area contributed by atoms with Crippen LogP contribution in [0.4, 0.5) is 0 Å². The molecule has 2 N–H and O–H groups in total. The zero-order valence-corrected chi connectivity index (χ0v) is 11.0. The molecule has 0 aliphatic carbocycles. The summed E-state index contributed by atoms with van der Waals surface area (Å²) in [5, 5.41) is 0. The van der Waals surface area contributed by atoms with E-state index in [1.54, 1.807) is 13.3 Å². The molecule has 0 spiro atoms. The van der Waals surface area contributed by atoms with E-state index in [2.05, 4.69) is 29.2 Å². The minimum absolute atomic E-state index is 0.309. The zero-order valence-electron chi connectivity index (χ0n) is 11.0. The second-order valence-corrected chi connectivity index (χ2v) is 4.89. The number of ether oxygens (including phenoxy) is 1. The molecular formula is C15H18N2O. The number of aromatic nitrogens is 1. The Morgan fingerprint density at radius 2 is 1.61 bits per heavy atom. The number of nitrogens with zero attached hydrogens (tertiary/aromatic N) is 1. The minimum Gasteiger partial charge on any atom is -0.481 e. The Kier molecular flexibility index (Phi) is 3.34. The summed E-state index contributed by atoms with van der Waals surface area (Å²) in [5.41, 5.74) is 9.05. The summed E-state index contributed by atoms with van der Waals surface area (Å²) in [6, 6.07) is 12.1. The van der Waals surface area contributed by atoms with Gasteiger partial charge in [-0.2, -0.15) is 0 Å². The van der Waals surface area contributed by atoms with E-state index >= 15 is 0 Å². The van der Waals surface area contributed by atoms with Crippen LogP contribution in [0.15, 0.2) is 42.6 Å². The van der Waals surface area contributed by atoms with Crippen LogP contribution in [0, 0.1) is 0 Å². The van der Waals surface area contributed by atoms with Gasteiger partial charge in [0.2, 0.25) is 5.88 Å². The van der Waals surface area contributed by atoms with E-state index in [0.29, 0.717) is 5.88 Å². The molecule has 1 aromatic carbocycles. The minimum atomic E-state index is -0.309. The van der Waals surface area contributed by atoms with Gasteiger partial charge < -0.3 is 10.5 Å². The van der Waals surface area contributed by atoms with Gasteiger partial charge in [0.25, 0.3) is 0 Å². The maximum atomic E-state index is 6.05. The summed E-state index contributed by atoms with van der Waals surface area (Å²) in [5.74, 6) is 0.624. The molecule has 2 rings (SSSR count). The molecule has 2 aromatic rings. The Balaban J connectivity index is 2.28. The highest BCUT2D eigenvalue weighted by Crippen LogP contribution is 2.23. The summed E-state index contributed by atoms with van der Waals surface area (Å²) in [4.78, 5) is 4.20. The standard InChI is InChI=1S/C15H18N2O/c1-15(2,16)13-7-4-11(5-8-13)12-6-9-14(18-3)17-10-12/h4-10H,16H2,1-3H3. The lowest BCUT2D eigenvalue weighted by Gasteiger charge is -2.19. The average Bonchev–Trinajstić information content (AvgIpc) is 2.38. The van der Waals surface area contributed by atoms with Gasteiger partial charge in [-0.25, -0.2) is 4.98 Å². The van der Waals surface area contributed by atoms with Crippen molar-refractivity contribution in [2.24, 2.45) is 5.73 Å². The van der Waals surface area contributed by atoms with Gasteiger partial charge in [0.1, 0.15) is 0 Å². The van der Waals surface area contributed by atoms with Crippen LogP contribution in [0.3, 0.4) is 0 Å². The first-order valence-corrected chi connectivity index (χ1v) is 5.90. The van der Waals surface area contributed by atoms with Crippen molar-refractivity contribution in [3.63, 3.8) is 0 Å². The molecule has 0 aliphatic rings. The van der Waals surface area contributed by atoms with Gasteiger partial charge in [0, 0.05) is 23.4 Å². The van der Waals surface area contributed by atoms with E-state index in [4.69, 9.17) is 10.5 Å². The van der Waals surface area contributed by atoms with Crippen molar-refractivity contribution < 1.29 is 4.74 Å². The van der Waals surface area contributed by atoms with E-state index in [1.807, 2.05) is 26.0 Å². The third-order valence-electron chi connectivity index (χ3n) is 2.91. The molecule has 3 nitrogen and oxygen atoms in total. The molecule has 1 aromatic heterocycles. The molecule has 0 radical (unpaired) electrons.